The van der Waals surface area contributed by atoms with Crippen molar-refractivity contribution in [2.24, 2.45) is 0 Å². The standard InChI is InChI=1S/C26H27N3O8/c1-15-22(25(31)35-4)24(18-6-5-7-20(14-18)29(33)34)23(16(2)27-15)26(32)37-13-12-36-21-10-8-19(9-11-21)28-17(3)30/h5-11,14,24,27H,12-13H2,1-4H3,(H,28,30). The zero-order valence-corrected chi connectivity index (χ0v) is 20.8. The van der Waals surface area contributed by atoms with E-state index in [2.05, 4.69) is 10.6 Å². The smallest absolute Gasteiger partial charge is 0.336 e. The van der Waals surface area contributed by atoms with E-state index in [1.807, 2.05) is 0 Å². The summed E-state index contributed by atoms with van der Waals surface area (Å²) < 4.78 is 16.0. The number of benzene rings is 2. The van der Waals surface area contributed by atoms with Crippen LogP contribution in [0.5, 0.6) is 5.75 Å². The lowest BCUT2D eigenvalue weighted by Crippen LogP contribution is -2.32. The van der Waals surface area contributed by atoms with Gasteiger partial charge in [-0.1, -0.05) is 12.1 Å². The van der Waals surface area contributed by atoms with Gasteiger partial charge in [0.15, 0.2) is 0 Å². The molecule has 1 unspecified atom stereocenters. The molecule has 1 atom stereocenters. The Hall–Kier alpha value is -4.67. The molecule has 3 rings (SSSR count). The number of non-ortho nitro benzene ring substituents is 1. The van der Waals surface area contributed by atoms with E-state index < -0.39 is 22.8 Å². The first kappa shape index (κ1) is 26.9. The number of hydrogen-bond acceptors (Lipinski definition) is 9. The van der Waals surface area contributed by atoms with Gasteiger partial charge in [-0.2, -0.15) is 0 Å². The zero-order valence-electron chi connectivity index (χ0n) is 20.8. The summed E-state index contributed by atoms with van der Waals surface area (Å²) in [5.74, 6) is -2.00. The van der Waals surface area contributed by atoms with Crippen LogP contribution in [0.3, 0.4) is 0 Å². The van der Waals surface area contributed by atoms with E-state index in [1.54, 1.807) is 44.2 Å². The Morgan fingerprint density at radius 2 is 1.65 bits per heavy atom. The summed E-state index contributed by atoms with van der Waals surface area (Å²) in [5.41, 5.74) is 2.00. The molecule has 0 radical (unpaired) electrons. The van der Waals surface area contributed by atoms with Gasteiger partial charge in [-0.25, -0.2) is 9.59 Å². The number of carbonyl (C=O) groups excluding carboxylic acids is 3. The van der Waals surface area contributed by atoms with Gasteiger partial charge < -0.3 is 24.8 Å². The SMILES string of the molecule is COC(=O)C1=C(C)NC(C)=C(C(=O)OCCOc2ccc(NC(C)=O)cc2)C1c1cccc([N+](=O)[O-])c1. The van der Waals surface area contributed by atoms with Gasteiger partial charge in [-0.3, -0.25) is 14.9 Å². The number of carbonyl (C=O) groups is 3. The van der Waals surface area contributed by atoms with E-state index >= 15 is 0 Å². The largest absolute Gasteiger partial charge is 0.490 e. The molecule has 1 aliphatic rings. The molecule has 11 heteroatoms. The maximum absolute atomic E-state index is 13.2. The Kier molecular flexibility index (Phi) is 8.62. The summed E-state index contributed by atoms with van der Waals surface area (Å²) in [6.07, 6.45) is 0. The Morgan fingerprint density at radius 3 is 2.24 bits per heavy atom. The van der Waals surface area contributed by atoms with Crippen molar-refractivity contribution in [3.8, 4) is 5.75 Å². The number of methoxy groups -OCH3 is 1. The van der Waals surface area contributed by atoms with Crippen LogP contribution >= 0.6 is 0 Å². The number of nitrogens with zero attached hydrogens (tertiary/aromatic N) is 1. The molecule has 194 valence electrons. The molecule has 0 spiro atoms. The highest BCUT2D eigenvalue weighted by Gasteiger charge is 2.38. The number of dihydropyridines is 1. The molecule has 0 saturated heterocycles. The Balaban J connectivity index is 1.78. The third-order valence-electron chi connectivity index (χ3n) is 5.56. The summed E-state index contributed by atoms with van der Waals surface area (Å²) in [4.78, 5) is 47.8. The highest BCUT2D eigenvalue weighted by molar-refractivity contribution is 6.00. The van der Waals surface area contributed by atoms with Crippen LogP contribution in [0.4, 0.5) is 11.4 Å². The highest BCUT2D eigenvalue weighted by atomic mass is 16.6. The van der Waals surface area contributed by atoms with Gasteiger partial charge in [0.05, 0.1) is 29.1 Å². The number of esters is 2. The molecule has 0 bridgehead atoms. The molecule has 2 aromatic rings. The third-order valence-corrected chi connectivity index (χ3v) is 5.56. The van der Waals surface area contributed by atoms with E-state index in [0.29, 0.717) is 28.4 Å². The topological polar surface area (TPSA) is 146 Å². The molecule has 2 N–H and O–H groups in total. The van der Waals surface area contributed by atoms with Crippen LogP contribution in [0.2, 0.25) is 0 Å². The minimum absolute atomic E-state index is 0.0468. The summed E-state index contributed by atoms with van der Waals surface area (Å²) in [6, 6.07) is 12.4. The van der Waals surface area contributed by atoms with Crippen molar-refractivity contribution < 1.29 is 33.5 Å². The number of allylic oxidation sites excluding steroid dienone is 2. The second-order valence-electron chi connectivity index (χ2n) is 8.17. The predicted molar refractivity (Wildman–Crippen MR) is 134 cm³/mol. The third kappa shape index (κ3) is 6.51. The summed E-state index contributed by atoms with van der Waals surface area (Å²) in [5, 5.41) is 17.0. The molecule has 0 fully saturated rings. The predicted octanol–water partition coefficient (Wildman–Crippen LogP) is 3.58. The fourth-order valence-corrected chi connectivity index (χ4v) is 4.01. The lowest BCUT2D eigenvalue weighted by molar-refractivity contribution is -0.384. The van der Waals surface area contributed by atoms with E-state index in [1.165, 1.54) is 32.2 Å². The van der Waals surface area contributed by atoms with Crippen molar-refractivity contribution in [3.63, 3.8) is 0 Å². The van der Waals surface area contributed by atoms with Crippen molar-refractivity contribution in [1.29, 1.82) is 0 Å². The number of amides is 1. The van der Waals surface area contributed by atoms with Crippen molar-refractivity contribution in [2.75, 3.05) is 25.6 Å². The molecular formula is C26H27N3O8. The maximum Gasteiger partial charge on any atom is 0.336 e. The second-order valence-corrected chi connectivity index (χ2v) is 8.17. The van der Waals surface area contributed by atoms with Gasteiger partial charge in [0, 0.05) is 36.1 Å². The lowest BCUT2D eigenvalue weighted by atomic mass is 9.80. The van der Waals surface area contributed by atoms with Crippen molar-refractivity contribution in [3.05, 3.63) is 86.7 Å². The molecule has 11 nitrogen and oxygen atoms in total. The molecule has 0 saturated carbocycles. The van der Waals surface area contributed by atoms with Crippen LogP contribution in [0, 0.1) is 10.1 Å². The Labute approximate surface area is 213 Å². The average Bonchev–Trinajstić information content (AvgIpc) is 2.86. The van der Waals surface area contributed by atoms with Crippen LogP contribution in [0.25, 0.3) is 0 Å². The van der Waals surface area contributed by atoms with Crippen LogP contribution in [-0.4, -0.2) is 43.1 Å². The second kappa shape index (κ2) is 11.8. The van der Waals surface area contributed by atoms with E-state index in [-0.39, 0.29) is 36.0 Å². The van der Waals surface area contributed by atoms with Gasteiger partial charge in [-0.15, -0.1) is 0 Å². The Morgan fingerprint density at radius 1 is 1.00 bits per heavy atom. The van der Waals surface area contributed by atoms with E-state index in [0.717, 1.165) is 0 Å². The molecule has 37 heavy (non-hydrogen) atoms. The lowest BCUT2D eigenvalue weighted by Gasteiger charge is -2.30. The fraction of sp³-hybridized carbons (Fsp3) is 0.269. The molecule has 1 amide bonds. The Bertz CT molecular complexity index is 1280. The highest BCUT2D eigenvalue weighted by Crippen LogP contribution is 2.40. The summed E-state index contributed by atoms with van der Waals surface area (Å²) in [7, 11) is 1.22. The van der Waals surface area contributed by atoms with Crippen molar-refractivity contribution in [1.82, 2.24) is 5.32 Å². The van der Waals surface area contributed by atoms with Gasteiger partial charge >= 0.3 is 11.9 Å². The first-order valence-corrected chi connectivity index (χ1v) is 11.3. The van der Waals surface area contributed by atoms with Crippen LogP contribution in [-0.2, 0) is 23.9 Å². The number of anilines is 1. The van der Waals surface area contributed by atoms with Gasteiger partial charge in [-0.05, 0) is 43.7 Å². The van der Waals surface area contributed by atoms with Crippen LogP contribution < -0.4 is 15.4 Å². The number of nitro groups is 1. The van der Waals surface area contributed by atoms with Crippen LogP contribution in [0.1, 0.15) is 32.3 Å². The number of rotatable bonds is 9. The van der Waals surface area contributed by atoms with Crippen molar-refractivity contribution >= 4 is 29.2 Å². The van der Waals surface area contributed by atoms with Gasteiger partial charge in [0.2, 0.25) is 5.91 Å². The van der Waals surface area contributed by atoms with Crippen molar-refractivity contribution in [2.45, 2.75) is 26.7 Å². The number of ether oxygens (including phenoxy) is 3. The molecule has 1 aliphatic heterocycles. The molecular weight excluding hydrogens is 482 g/mol. The summed E-state index contributed by atoms with van der Waals surface area (Å²) >= 11 is 0. The average molecular weight is 510 g/mol. The van der Waals surface area contributed by atoms with Crippen LogP contribution in [0.15, 0.2) is 71.1 Å². The maximum atomic E-state index is 13.2. The van der Waals surface area contributed by atoms with Gasteiger partial charge in [0.25, 0.3) is 5.69 Å². The molecule has 2 aromatic carbocycles. The summed E-state index contributed by atoms with van der Waals surface area (Å²) in [6.45, 7) is 4.68. The first-order valence-electron chi connectivity index (χ1n) is 11.3. The minimum Gasteiger partial charge on any atom is -0.490 e. The number of hydrogen-bond donors (Lipinski definition) is 2. The minimum atomic E-state index is -0.941. The first-order chi connectivity index (χ1) is 17.6. The zero-order chi connectivity index (χ0) is 27.1. The van der Waals surface area contributed by atoms with E-state index in [4.69, 9.17) is 14.2 Å². The fourth-order valence-electron chi connectivity index (χ4n) is 4.01. The molecule has 0 aromatic heterocycles. The monoisotopic (exact) mass is 509 g/mol. The number of nitrogens with one attached hydrogen (secondary N) is 2. The van der Waals surface area contributed by atoms with E-state index in [9.17, 15) is 24.5 Å². The normalized spacial score (nSPS) is 15.0. The van der Waals surface area contributed by atoms with Gasteiger partial charge in [0.1, 0.15) is 19.0 Å². The molecule has 0 aliphatic carbocycles. The number of nitro benzene ring substituents is 1. The molecule has 1 heterocycles. The quantitative estimate of drug-likeness (QED) is 0.224.